The lowest BCUT2D eigenvalue weighted by atomic mass is 9.96. The van der Waals surface area contributed by atoms with Gasteiger partial charge in [0, 0.05) is 12.2 Å². The van der Waals surface area contributed by atoms with Crippen molar-refractivity contribution in [3.8, 4) is 0 Å². The summed E-state index contributed by atoms with van der Waals surface area (Å²) in [6.45, 7) is 0. The van der Waals surface area contributed by atoms with Crippen LogP contribution in [0.25, 0.3) is 0 Å². The maximum Gasteiger partial charge on any atom is 0.325 e. The molecule has 0 amide bonds. The van der Waals surface area contributed by atoms with Crippen molar-refractivity contribution in [2.75, 3.05) is 0 Å². The van der Waals surface area contributed by atoms with Gasteiger partial charge < -0.3 is 4.98 Å². The van der Waals surface area contributed by atoms with Crippen LogP contribution in [-0.4, -0.2) is 24.4 Å². The first-order valence-corrected chi connectivity index (χ1v) is 7.78. The molecule has 2 bridgehead atoms. The molecule has 0 saturated heterocycles. The largest absolute Gasteiger partial charge is 0.325 e. The third-order valence-electron chi connectivity index (χ3n) is 4.12. The molecule has 7 nitrogen and oxygen atoms in total. The molecule has 2 aliphatic rings. The average Bonchev–Trinajstić information content (AvgIpc) is 2.89. The summed E-state index contributed by atoms with van der Waals surface area (Å²) in [5, 5.41) is 0. The van der Waals surface area contributed by atoms with Crippen molar-refractivity contribution < 1.29 is 8.42 Å². The van der Waals surface area contributed by atoms with Crippen LogP contribution < -0.4 is 16.0 Å². The van der Waals surface area contributed by atoms with Crippen molar-refractivity contribution in [3.05, 3.63) is 27.0 Å². The second-order valence-corrected chi connectivity index (χ2v) is 7.02. The summed E-state index contributed by atoms with van der Waals surface area (Å²) in [4.78, 5) is 26.1. The van der Waals surface area contributed by atoms with Crippen LogP contribution >= 0.6 is 0 Å². The minimum absolute atomic E-state index is 0.0879. The molecule has 0 unspecified atom stereocenters. The van der Waals surface area contributed by atoms with Crippen molar-refractivity contribution in [2.24, 2.45) is 11.8 Å². The second-order valence-electron chi connectivity index (χ2n) is 5.34. The van der Waals surface area contributed by atoms with Crippen LogP contribution in [0.1, 0.15) is 25.7 Å². The number of hydrogen-bond acceptors (Lipinski definition) is 4. The molecular formula is C11H15N3O4S. The van der Waals surface area contributed by atoms with Gasteiger partial charge in [-0.15, -0.1) is 0 Å². The number of aromatic amines is 2. The molecule has 1 heterocycles. The lowest BCUT2D eigenvalue weighted by Crippen LogP contribution is -2.41. The molecule has 19 heavy (non-hydrogen) atoms. The number of H-pyrrole nitrogens is 2. The quantitative estimate of drug-likeness (QED) is 0.697. The third kappa shape index (κ3) is 2.25. The SMILES string of the molecule is O=c1[nH]cc(S(=O)(=O)N[C@H]2C[C@@H]3CC[C@@H]2C3)c(=O)[nH]1. The molecule has 3 atom stereocenters. The van der Waals surface area contributed by atoms with Gasteiger partial charge in [0.2, 0.25) is 10.0 Å². The lowest BCUT2D eigenvalue weighted by Gasteiger charge is -2.22. The summed E-state index contributed by atoms with van der Waals surface area (Å²) < 4.78 is 26.9. The highest BCUT2D eigenvalue weighted by atomic mass is 32.2. The predicted molar refractivity (Wildman–Crippen MR) is 67.2 cm³/mol. The summed E-state index contributed by atoms with van der Waals surface area (Å²) >= 11 is 0. The van der Waals surface area contributed by atoms with E-state index in [9.17, 15) is 18.0 Å². The molecule has 3 N–H and O–H groups in total. The van der Waals surface area contributed by atoms with E-state index < -0.39 is 26.2 Å². The fraction of sp³-hybridized carbons (Fsp3) is 0.636. The lowest BCUT2D eigenvalue weighted by molar-refractivity contribution is 0.390. The Labute approximate surface area is 109 Å². The van der Waals surface area contributed by atoms with E-state index in [1.165, 1.54) is 6.42 Å². The third-order valence-corrected chi connectivity index (χ3v) is 5.61. The molecule has 2 saturated carbocycles. The monoisotopic (exact) mass is 285 g/mol. The molecular weight excluding hydrogens is 270 g/mol. The fourth-order valence-electron chi connectivity index (χ4n) is 3.25. The molecule has 1 aromatic heterocycles. The van der Waals surface area contributed by atoms with E-state index >= 15 is 0 Å². The first kappa shape index (κ1) is 12.6. The Morgan fingerprint density at radius 2 is 2.00 bits per heavy atom. The van der Waals surface area contributed by atoms with Crippen molar-refractivity contribution >= 4 is 10.0 Å². The molecule has 2 fully saturated rings. The van der Waals surface area contributed by atoms with Gasteiger partial charge in [0.1, 0.15) is 0 Å². The summed E-state index contributed by atoms with van der Waals surface area (Å²) in [6.07, 6.45) is 5.05. The number of sulfonamides is 1. The standard InChI is InChI=1S/C11H15N3O4S/c15-10-9(5-12-11(16)13-10)19(17,18)14-8-4-6-1-2-7(8)3-6/h5-8,14H,1-4H2,(H2,12,13,15,16)/t6-,7-,8+/m1/s1. The highest BCUT2D eigenvalue weighted by Crippen LogP contribution is 2.44. The van der Waals surface area contributed by atoms with Gasteiger partial charge in [-0.05, 0) is 31.1 Å². The Kier molecular flexibility index (Phi) is 2.86. The van der Waals surface area contributed by atoms with Gasteiger partial charge in [0.25, 0.3) is 5.56 Å². The molecule has 0 aliphatic heterocycles. The summed E-state index contributed by atoms with van der Waals surface area (Å²) in [6, 6.07) is -0.0879. The predicted octanol–water partition coefficient (Wildman–Crippen LogP) is -0.470. The second kappa shape index (κ2) is 4.31. The maximum absolute atomic E-state index is 12.1. The number of rotatable bonds is 3. The summed E-state index contributed by atoms with van der Waals surface area (Å²) in [5.41, 5.74) is -1.61. The molecule has 0 aromatic carbocycles. The highest BCUT2D eigenvalue weighted by molar-refractivity contribution is 7.89. The Bertz CT molecular complexity index is 705. The van der Waals surface area contributed by atoms with E-state index in [0.29, 0.717) is 11.8 Å². The zero-order valence-corrected chi connectivity index (χ0v) is 11.0. The molecule has 0 spiro atoms. The van der Waals surface area contributed by atoms with E-state index in [0.717, 1.165) is 25.5 Å². The van der Waals surface area contributed by atoms with Gasteiger partial charge in [-0.25, -0.2) is 17.9 Å². The number of fused-ring (bicyclic) bond motifs is 2. The molecule has 104 valence electrons. The molecule has 0 radical (unpaired) electrons. The van der Waals surface area contributed by atoms with Crippen LogP contribution in [0.15, 0.2) is 20.7 Å². The van der Waals surface area contributed by atoms with Crippen LogP contribution in [0.2, 0.25) is 0 Å². The van der Waals surface area contributed by atoms with E-state index in [4.69, 9.17) is 0 Å². The molecule has 3 rings (SSSR count). The topological polar surface area (TPSA) is 112 Å². The Balaban J connectivity index is 1.87. The van der Waals surface area contributed by atoms with Crippen LogP contribution in [0.4, 0.5) is 0 Å². The van der Waals surface area contributed by atoms with Gasteiger partial charge in [-0.3, -0.25) is 9.78 Å². The van der Waals surface area contributed by atoms with Gasteiger partial charge in [0.15, 0.2) is 4.90 Å². The molecule has 1 aromatic rings. The number of nitrogens with one attached hydrogen (secondary N) is 3. The van der Waals surface area contributed by atoms with Gasteiger partial charge >= 0.3 is 5.69 Å². The Morgan fingerprint density at radius 1 is 1.21 bits per heavy atom. The fourth-order valence-corrected chi connectivity index (χ4v) is 4.57. The van der Waals surface area contributed by atoms with Crippen LogP contribution in [0.5, 0.6) is 0 Å². The van der Waals surface area contributed by atoms with Crippen molar-refractivity contribution in [2.45, 2.75) is 36.6 Å². The van der Waals surface area contributed by atoms with Gasteiger partial charge in [-0.1, -0.05) is 6.42 Å². The van der Waals surface area contributed by atoms with Crippen molar-refractivity contribution in [1.29, 1.82) is 0 Å². The number of aromatic nitrogens is 2. The van der Waals surface area contributed by atoms with E-state index in [1.54, 1.807) is 0 Å². The molecule has 2 aliphatic carbocycles. The van der Waals surface area contributed by atoms with Crippen molar-refractivity contribution in [1.82, 2.24) is 14.7 Å². The van der Waals surface area contributed by atoms with Crippen LogP contribution in [0.3, 0.4) is 0 Å². The summed E-state index contributed by atoms with van der Waals surface area (Å²) in [7, 11) is -3.88. The Hall–Kier alpha value is -1.41. The van der Waals surface area contributed by atoms with Crippen LogP contribution in [-0.2, 0) is 10.0 Å². The minimum Gasteiger partial charge on any atom is -0.313 e. The zero-order chi connectivity index (χ0) is 13.6. The first-order chi connectivity index (χ1) is 8.95. The van der Waals surface area contributed by atoms with Gasteiger partial charge in [-0.2, -0.15) is 0 Å². The first-order valence-electron chi connectivity index (χ1n) is 6.30. The number of hydrogen-bond donors (Lipinski definition) is 3. The highest BCUT2D eigenvalue weighted by Gasteiger charge is 2.41. The van der Waals surface area contributed by atoms with E-state index in [2.05, 4.69) is 9.71 Å². The zero-order valence-electron chi connectivity index (χ0n) is 10.2. The normalized spacial score (nSPS) is 29.8. The maximum atomic E-state index is 12.1. The Morgan fingerprint density at radius 3 is 2.58 bits per heavy atom. The van der Waals surface area contributed by atoms with E-state index in [1.807, 2.05) is 4.98 Å². The van der Waals surface area contributed by atoms with E-state index in [-0.39, 0.29) is 6.04 Å². The summed E-state index contributed by atoms with van der Waals surface area (Å²) in [5.74, 6) is 0.980. The molecule has 8 heteroatoms. The van der Waals surface area contributed by atoms with Crippen molar-refractivity contribution in [3.63, 3.8) is 0 Å². The average molecular weight is 285 g/mol. The smallest absolute Gasteiger partial charge is 0.313 e. The van der Waals surface area contributed by atoms with Crippen LogP contribution in [0, 0.1) is 11.8 Å². The van der Waals surface area contributed by atoms with Gasteiger partial charge in [0.05, 0.1) is 0 Å². The minimum atomic E-state index is -3.88.